The summed E-state index contributed by atoms with van der Waals surface area (Å²) in [5.41, 5.74) is 1.30. The van der Waals surface area contributed by atoms with Crippen molar-refractivity contribution in [3.63, 3.8) is 0 Å². The second-order valence-electron chi connectivity index (χ2n) is 8.92. The van der Waals surface area contributed by atoms with Crippen LogP contribution in [0.3, 0.4) is 0 Å². The van der Waals surface area contributed by atoms with Crippen molar-refractivity contribution in [2.75, 3.05) is 26.1 Å². The summed E-state index contributed by atoms with van der Waals surface area (Å²) in [6, 6.07) is 8.17. The van der Waals surface area contributed by atoms with E-state index in [1.54, 1.807) is 35.3 Å². The zero-order valence-corrected chi connectivity index (χ0v) is 22.0. The van der Waals surface area contributed by atoms with Crippen molar-refractivity contribution < 1.29 is 35.9 Å². The number of aromatic nitrogens is 3. The molecule has 1 fully saturated rings. The van der Waals surface area contributed by atoms with E-state index in [0.29, 0.717) is 23.3 Å². The van der Waals surface area contributed by atoms with Crippen molar-refractivity contribution in [3.8, 4) is 29.1 Å². The Kier molecular flexibility index (Phi) is 6.82. The Morgan fingerprint density at radius 2 is 1.92 bits per heavy atom. The molecule has 2 aromatic carbocycles. The first-order valence-electron chi connectivity index (χ1n) is 11.7. The lowest BCUT2D eigenvalue weighted by molar-refractivity contribution is -0.0936. The number of benzene rings is 2. The van der Waals surface area contributed by atoms with Crippen LogP contribution in [0, 0.1) is 17.8 Å². The van der Waals surface area contributed by atoms with Gasteiger partial charge in [-0.25, -0.2) is 17.2 Å². The van der Waals surface area contributed by atoms with E-state index < -0.39 is 21.9 Å². The molecule has 0 radical (unpaired) electrons. The fourth-order valence-corrected chi connectivity index (χ4v) is 5.72. The zero-order chi connectivity index (χ0) is 27.8. The Hall–Kier alpha value is -4.31. The third-order valence-electron chi connectivity index (χ3n) is 6.22. The van der Waals surface area contributed by atoms with Gasteiger partial charge in [0.05, 0.1) is 33.4 Å². The Morgan fingerprint density at radius 3 is 2.56 bits per heavy atom. The van der Waals surface area contributed by atoms with Crippen LogP contribution < -0.4 is 18.9 Å². The molecule has 13 heteroatoms. The van der Waals surface area contributed by atoms with E-state index in [2.05, 4.69) is 26.8 Å². The predicted molar refractivity (Wildman–Crippen MR) is 137 cm³/mol. The van der Waals surface area contributed by atoms with Gasteiger partial charge < -0.3 is 18.7 Å². The number of alkyl halides is 2. The van der Waals surface area contributed by atoms with Crippen molar-refractivity contribution in [2.24, 2.45) is 5.92 Å². The number of anilines is 1. The van der Waals surface area contributed by atoms with Crippen LogP contribution >= 0.6 is 0 Å². The van der Waals surface area contributed by atoms with Crippen molar-refractivity contribution in [3.05, 3.63) is 53.9 Å². The van der Waals surface area contributed by atoms with Gasteiger partial charge in [-0.3, -0.25) is 9.40 Å². The minimum absolute atomic E-state index is 0.0126. The maximum atomic E-state index is 13.7. The van der Waals surface area contributed by atoms with Gasteiger partial charge in [-0.05, 0) is 35.9 Å². The average Bonchev–Trinajstić information content (AvgIpc) is 3.54. The second-order valence-corrected chi connectivity index (χ2v) is 10.5. The molecule has 1 aliphatic rings. The summed E-state index contributed by atoms with van der Waals surface area (Å²) in [7, 11) is -0.345. The van der Waals surface area contributed by atoms with E-state index in [0.717, 1.165) is 5.56 Å². The minimum atomic E-state index is -4.39. The monoisotopic (exact) mass is 558 g/mol. The van der Waals surface area contributed by atoms with E-state index in [-0.39, 0.29) is 40.6 Å². The topological polar surface area (TPSA) is 118 Å². The summed E-state index contributed by atoms with van der Waals surface area (Å²) in [6.45, 7) is 0.432. The van der Waals surface area contributed by atoms with E-state index in [1.807, 2.05) is 0 Å². The van der Waals surface area contributed by atoms with Crippen molar-refractivity contribution >= 4 is 26.8 Å². The summed E-state index contributed by atoms with van der Waals surface area (Å²) in [5, 5.41) is 8.42. The Labute approximate surface area is 222 Å². The van der Waals surface area contributed by atoms with Crippen molar-refractivity contribution in [2.45, 2.75) is 30.2 Å². The molecule has 1 saturated carbocycles. The lowest BCUT2D eigenvalue weighted by Gasteiger charge is -2.31. The van der Waals surface area contributed by atoms with Crippen molar-refractivity contribution in [1.82, 2.24) is 14.9 Å². The number of halogens is 2. The predicted octanol–water partition coefficient (Wildman–Crippen LogP) is 4.30. The Balaban J connectivity index is 1.51. The second kappa shape index (κ2) is 10.1. The molecule has 204 valence electrons. The molecule has 5 rings (SSSR count). The summed E-state index contributed by atoms with van der Waals surface area (Å²) < 4.78 is 79.6. The molecule has 1 aliphatic carbocycles. The van der Waals surface area contributed by atoms with Crippen LogP contribution in [0.2, 0.25) is 0 Å². The van der Waals surface area contributed by atoms with Gasteiger partial charge in [0, 0.05) is 31.2 Å². The SMILES string of the molecule is COc1ccc(C#CC2CC(F)(F)C2)c(OC)c1S(=O)(=O)Nc1noc2cc(Cn3cccn3)cc(OC)c12. The van der Waals surface area contributed by atoms with E-state index >= 15 is 0 Å². The number of sulfonamides is 1. The van der Waals surface area contributed by atoms with E-state index in [1.165, 1.54) is 33.5 Å². The number of ether oxygens (including phenoxy) is 3. The van der Waals surface area contributed by atoms with Gasteiger partial charge in [-0.1, -0.05) is 17.0 Å². The normalized spacial score (nSPS) is 14.8. The van der Waals surface area contributed by atoms with E-state index in [4.69, 9.17) is 18.7 Å². The molecule has 0 atom stereocenters. The van der Waals surface area contributed by atoms with Gasteiger partial charge in [0.1, 0.15) is 16.9 Å². The highest BCUT2D eigenvalue weighted by atomic mass is 32.2. The largest absolute Gasteiger partial charge is 0.496 e. The Morgan fingerprint density at radius 1 is 1.15 bits per heavy atom. The number of nitrogens with one attached hydrogen (secondary N) is 1. The highest BCUT2D eigenvalue weighted by Gasteiger charge is 2.44. The number of nitrogens with zero attached hydrogens (tertiary/aromatic N) is 3. The number of hydrogen-bond acceptors (Lipinski definition) is 8. The summed E-state index contributed by atoms with van der Waals surface area (Å²) >= 11 is 0. The van der Waals surface area contributed by atoms with Crippen LogP contribution in [0.5, 0.6) is 17.2 Å². The van der Waals surface area contributed by atoms with Crippen LogP contribution in [0.15, 0.2) is 52.1 Å². The standard InChI is InChI=1S/C26H24F2N4O6S/c1-35-19-8-7-18(6-5-16-13-26(27,28)14-16)23(37-3)24(19)39(33,34)31-25-22-20(36-2)11-17(12-21(22)38-30-25)15-32-10-4-9-29-32/h4,7-12,16H,13-15H2,1-3H3,(H,30,31). The molecule has 0 saturated heterocycles. The molecular weight excluding hydrogens is 534 g/mol. The molecule has 2 aromatic heterocycles. The molecule has 0 spiro atoms. The summed E-state index contributed by atoms with van der Waals surface area (Å²) in [4.78, 5) is -0.330. The highest BCUT2D eigenvalue weighted by Crippen LogP contribution is 2.43. The first-order valence-corrected chi connectivity index (χ1v) is 13.2. The molecule has 1 N–H and O–H groups in total. The van der Waals surface area contributed by atoms with Gasteiger partial charge in [0.25, 0.3) is 15.9 Å². The first-order chi connectivity index (χ1) is 18.6. The van der Waals surface area contributed by atoms with Crippen LogP contribution in [0.25, 0.3) is 11.0 Å². The Bertz CT molecular complexity index is 1680. The van der Waals surface area contributed by atoms with Gasteiger partial charge >= 0.3 is 0 Å². The molecule has 0 bridgehead atoms. The third-order valence-corrected chi connectivity index (χ3v) is 7.61. The molecular formula is C26H24F2N4O6S. The maximum Gasteiger partial charge on any atom is 0.270 e. The molecule has 4 aromatic rings. The van der Waals surface area contributed by atoms with Crippen molar-refractivity contribution in [1.29, 1.82) is 0 Å². The number of hydrogen-bond donors (Lipinski definition) is 1. The first kappa shape index (κ1) is 26.3. The van der Waals surface area contributed by atoms with Crippen LogP contribution in [-0.4, -0.2) is 50.6 Å². The zero-order valence-electron chi connectivity index (χ0n) is 21.2. The number of methoxy groups -OCH3 is 3. The lowest BCUT2D eigenvalue weighted by atomic mass is 9.82. The molecule has 10 nitrogen and oxygen atoms in total. The van der Waals surface area contributed by atoms with Gasteiger partial charge in [0.2, 0.25) is 0 Å². The highest BCUT2D eigenvalue weighted by molar-refractivity contribution is 7.93. The lowest BCUT2D eigenvalue weighted by Crippen LogP contribution is -2.34. The van der Waals surface area contributed by atoms with Crippen LogP contribution in [-0.2, 0) is 16.6 Å². The smallest absolute Gasteiger partial charge is 0.270 e. The molecule has 0 unspecified atom stereocenters. The fraction of sp³-hybridized carbons (Fsp3) is 0.308. The number of fused-ring (bicyclic) bond motifs is 1. The van der Waals surface area contributed by atoms with Crippen LogP contribution in [0.1, 0.15) is 24.0 Å². The third kappa shape index (κ3) is 5.20. The number of rotatable bonds is 8. The average molecular weight is 559 g/mol. The minimum Gasteiger partial charge on any atom is -0.496 e. The maximum absolute atomic E-state index is 13.7. The summed E-state index contributed by atoms with van der Waals surface area (Å²) in [5.74, 6) is 2.47. The fourth-order valence-electron chi connectivity index (χ4n) is 4.38. The van der Waals surface area contributed by atoms with E-state index in [9.17, 15) is 17.2 Å². The summed E-state index contributed by atoms with van der Waals surface area (Å²) in [6.07, 6.45) is 2.79. The van der Waals surface area contributed by atoms with Gasteiger partial charge in [-0.15, -0.1) is 0 Å². The molecule has 39 heavy (non-hydrogen) atoms. The molecule has 2 heterocycles. The molecule has 0 amide bonds. The van der Waals surface area contributed by atoms with Gasteiger partial charge in [0.15, 0.2) is 22.0 Å². The van der Waals surface area contributed by atoms with Gasteiger partial charge in [-0.2, -0.15) is 5.10 Å². The molecule has 0 aliphatic heterocycles. The quantitative estimate of drug-likeness (QED) is 0.318. The van der Waals surface area contributed by atoms with Crippen LogP contribution in [0.4, 0.5) is 14.6 Å².